The van der Waals surface area contributed by atoms with Crippen molar-refractivity contribution in [3.8, 4) is 0 Å². The van der Waals surface area contributed by atoms with E-state index in [0.717, 1.165) is 5.56 Å². The molecule has 2 fully saturated rings. The zero-order valence-electron chi connectivity index (χ0n) is 14.7. The number of carbonyl (C=O) groups is 3. The molecule has 6 heteroatoms. The molecule has 0 bridgehead atoms. The van der Waals surface area contributed by atoms with E-state index in [-0.39, 0.29) is 42.1 Å². The van der Waals surface area contributed by atoms with Gasteiger partial charge in [-0.3, -0.25) is 14.4 Å². The van der Waals surface area contributed by atoms with Gasteiger partial charge < -0.3 is 14.5 Å². The van der Waals surface area contributed by atoms with Crippen molar-refractivity contribution in [2.45, 2.75) is 25.8 Å². The predicted molar refractivity (Wildman–Crippen MR) is 91.4 cm³/mol. The number of hydrogen-bond acceptors (Lipinski definition) is 4. The normalized spacial score (nSPS) is 24.5. The first-order valence-corrected chi connectivity index (χ1v) is 8.72. The second-order valence-electron chi connectivity index (χ2n) is 6.83. The Morgan fingerprint density at radius 3 is 2.56 bits per heavy atom. The third kappa shape index (κ3) is 3.52. The lowest BCUT2D eigenvalue weighted by molar-refractivity contribution is -0.145. The first kappa shape index (κ1) is 17.5. The maximum Gasteiger partial charge on any atom is 0.310 e. The summed E-state index contributed by atoms with van der Waals surface area (Å²) in [6, 6.07) is 9.79. The molecule has 2 aliphatic rings. The van der Waals surface area contributed by atoms with Gasteiger partial charge in [-0.2, -0.15) is 0 Å². The molecule has 0 radical (unpaired) electrons. The van der Waals surface area contributed by atoms with Gasteiger partial charge in [0.2, 0.25) is 11.8 Å². The van der Waals surface area contributed by atoms with E-state index in [1.807, 2.05) is 37.3 Å². The van der Waals surface area contributed by atoms with Crippen LogP contribution in [-0.4, -0.2) is 54.3 Å². The fraction of sp³-hybridized carbons (Fsp3) is 0.526. The quantitative estimate of drug-likeness (QED) is 0.779. The maximum absolute atomic E-state index is 12.7. The van der Waals surface area contributed by atoms with Gasteiger partial charge in [0.1, 0.15) is 0 Å². The number of nitrogens with zero attached hydrogens (tertiary/aromatic N) is 2. The summed E-state index contributed by atoms with van der Waals surface area (Å²) in [5, 5.41) is 0. The molecule has 0 spiro atoms. The molecule has 1 aromatic rings. The molecule has 3 atom stereocenters. The van der Waals surface area contributed by atoms with Crippen LogP contribution in [0, 0.1) is 11.8 Å². The van der Waals surface area contributed by atoms with Gasteiger partial charge in [-0.05, 0) is 18.9 Å². The van der Waals surface area contributed by atoms with Gasteiger partial charge >= 0.3 is 5.97 Å². The summed E-state index contributed by atoms with van der Waals surface area (Å²) in [6.07, 6.45) is 0.874. The summed E-state index contributed by atoms with van der Waals surface area (Å²) in [7, 11) is 1.37. The Kier molecular flexibility index (Phi) is 5.06. The summed E-state index contributed by atoms with van der Waals surface area (Å²) < 4.78 is 4.76. The lowest BCUT2D eigenvalue weighted by atomic mass is 10.1. The predicted octanol–water partition coefficient (Wildman–Crippen LogP) is 1.62. The van der Waals surface area contributed by atoms with Crippen molar-refractivity contribution in [1.29, 1.82) is 0 Å². The third-order valence-electron chi connectivity index (χ3n) is 5.29. The number of esters is 1. The van der Waals surface area contributed by atoms with Crippen molar-refractivity contribution in [2.24, 2.45) is 11.8 Å². The van der Waals surface area contributed by atoms with Crippen LogP contribution in [-0.2, 0) is 19.1 Å². The largest absolute Gasteiger partial charge is 0.469 e. The number of rotatable bonds is 4. The molecule has 2 amide bonds. The fourth-order valence-electron chi connectivity index (χ4n) is 3.76. The van der Waals surface area contributed by atoms with Crippen molar-refractivity contribution in [3.63, 3.8) is 0 Å². The lowest BCUT2D eigenvalue weighted by Gasteiger charge is -2.26. The topological polar surface area (TPSA) is 66.9 Å². The van der Waals surface area contributed by atoms with Gasteiger partial charge in [0, 0.05) is 26.1 Å². The number of amides is 2. The van der Waals surface area contributed by atoms with Crippen molar-refractivity contribution < 1.29 is 19.1 Å². The Hall–Kier alpha value is -2.37. The molecule has 25 heavy (non-hydrogen) atoms. The Morgan fingerprint density at radius 2 is 1.88 bits per heavy atom. The fourth-order valence-corrected chi connectivity index (χ4v) is 3.76. The van der Waals surface area contributed by atoms with Gasteiger partial charge in [-0.1, -0.05) is 30.3 Å². The van der Waals surface area contributed by atoms with E-state index in [1.54, 1.807) is 9.80 Å². The molecule has 0 saturated carbocycles. The van der Waals surface area contributed by atoms with Gasteiger partial charge in [-0.25, -0.2) is 0 Å². The molecule has 0 aromatic heterocycles. The highest BCUT2D eigenvalue weighted by Crippen LogP contribution is 2.30. The van der Waals surface area contributed by atoms with Crippen LogP contribution in [0.4, 0.5) is 0 Å². The standard InChI is InChI=1S/C19H24N2O4/c1-13(14-6-4-3-5-7-14)21-12-16(10-17(21)22)18(23)20-9-8-15(11-20)19(24)25-2/h3-7,13,15-16H,8-12H2,1-2H3/t13-,15-,16+/m1/s1. The summed E-state index contributed by atoms with van der Waals surface area (Å²) in [6.45, 7) is 3.37. The van der Waals surface area contributed by atoms with E-state index in [0.29, 0.717) is 26.1 Å². The first-order chi connectivity index (χ1) is 12.0. The van der Waals surface area contributed by atoms with E-state index in [2.05, 4.69) is 0 Å². The van der Waals surface area contributed by atoms with Gasteiger partial charge in [0.05, 0.1) is 25.0 Å². The van der Waals surface area contributed by atoms with Crippen LogP contribution in [0.2, 0.25) is 0 Å². The second-order valence-corrected chi connectivity index (χ2v) is 6.83. The van der Waals surface area contributed by atoms with Crippen LogP contribution in [0.5, 0.6) is 0 Å². The summed E-state index contributed by atoms with van der Waals surface area (Å²) >= 11 is 0. The molecule has 1 aromatic carbocycles. The van der Waals surface area contributed by atoms with E-state index >= 15 is 0 Å². The summed E-state index contributed by atoms with van der Waals surface area (Å²) in [4.78, 5) is 40.3. The minimum Gasteiger partial charge on any atom is -0.469 e. The molecule has 134 valence electrons. The Labute approximate surface area is 147 Å². The first-order valence-electron chi connectivity index (χ1n) is 8.72. The van der Waals surface area contributed by atoms with Gasteiger partial charge in [-0.15, -0.1) is 0 Å². The number of methoxy groups -OCH3 is 1. The number of hydrogen-bond donors (Lipinski definition) is 0. The van der Waals surface area contributed by atoms with Crippen molar-refractivity contribution >= 4 is 17.8 Å². The molecule has 2 aliphatic heterocycles. The van der Waals surface area contributed by atoms with Crippen molar-refractivity contribution in [1.82, 2.24) is 9.80 Å². The highest BCUT2D eigenvalue weighted by atomic mass is 16.5. The minimum atomic E-state index is -0.324. The zero-order chi connectivity index (χ0) is 18.0. The molecular weight excluding hydrogens is 320 g/mol. The Balaban J connectivity index is 1.62. The molecule has 6 nitrogen and oxygen atoms in total. The third-order valence-corrected chi connectivity index (χ3v) is 5.29. The zero-order valence-corrected chi connectivity index (χ0v) is 14.7. The van der Waals surface area contributed by atoms with Gasteiger partial charge in [0.15, 0.2) is 0 Å². The summed E-state index contributed by atoms with van der Waals surface area (Å²) in [5.74, 6) is -0.849. The van der Waals surface area contributed by atoms with E-state index in [1.165, 1.54) is 7.11 Å². The average molecular weight is 344 g/mol. The van der Waals surface area contributed by atoms with Crippen molar-refractivity contribution in [2.75, 3.05) is 26.7 Å². The highest BCUT2D eigenvalue weighted by Gasteiger charge is 2.41. The van der Waals surface area contributed by atoms with E-state index in [4.69, 9.17) is 4.74 Å². The smallest absolute Gasteiger partial charge is 0.310 e. The van der Waals surface area contributed by atoms with Gasteiger partial charge in [0.25, 0.3) is 0 Å². The van der Waals surface area contributed by atoms with Crippen LogP contribution in [0.15, 0.2) is 30.3 Å². The van der Waals surface area contributed by atoms with Crippen molar-refractivity contribution in [3.05, 3.63) is 35.9 Å². The average Bonchev–Trinajstić information content (AvgIpc) is 3.27. The number of carbonyl (C=O) groups excluding carboxylic acids is 3. The Bertz CT molecular complexity index is 661. The van der Waals surface area contributed by atoms with Crippen LogP contribution >= 0.6 is 0 Å². The monoisotopic (exact) mass is 344 g/mol. The Morgan fingerprint density at radius 1 is 1.16 bits per heavy atom. The minimum absolute atomic E-state index is 0.0124. The maximum atomic E-state index is 12.7. The number of ether oxygens (including phenoxy) is 1. The van der Waals surface area contributed by atoms with E-state index < -0.39 is 0 Å². The molecule has 2 saturated heterocycles. The molecule has 2 heterocycles. The second kappa shape index (κ2) is 7.25. The molecular formula is C19H24N2O4. The summed E-state index contributed by atoms with van der Waals surface area (Å²) in [5.41, 5.74) is 1.07. The SMILES string of the molecule is COC(=O)[C@@H]1CCN(C(=O)[C@H]2CC(=O)N([C@H](C)c3ccccc3)C2)C1. The van der Waals surface area contributed by atoms with Crippen LogP contribution in [0.1, 0.15) is 31.4 Å². The lowest BCUT2D eigenvalue weighted by Crippen LogP contribution is -2.37. The number of benzene rings is 1. The number of likely N-dealkylation sites (tertiary alicyclic amines) is 2. The molecule has 3 rings (SSSR count). The molecule has 0 aliphatic carbocycles. The van der Waals surface area contributed by atoms with Crippen LogP contribution in [0.25, 0.3) is 0 Å². The molecule has 0 N–H and O–H groups in total. The van der Waals surface area contributed by atoms with E-state index in [9.17, 15) is 14.4 Å². The highest BCUT2D eigenvalue weighted by molar-refractivity contribution is 5.90. The van der Waals surface area contributed by atoms with Crippen LogP contribution < -0.4 is 0 Å². The van der Waals surface area contributed by atoms with Crippen LogP contribution in [0.3, 0.4) is 0 Å². The molecule has 0 unspecified atom stereocenters.